The zero-order chi connectivity index (χ0) is 14.7. The molecule has 0 saturated heterocycles. The molecule has 0 aromatic carbocycles. The fourth-order valence-electron chi connectivity index (χ4n) is 2.29. The predicted molar refractivity (Wildman–Crippen MR) is 87.3 cm³/mol. The van der Waals surface area contributed by atoms with Crippen molar-refractivity contribution in [2.75, 3.05) is 11.9 Å². The van der Waals surface area contributed by atoms with E-state index in [0.29, 0.717) is 5.92 Å². The lowest BCUT2D eigenvalue weighted by Gasteiger charge is -2.11. The molecule has 1 atom stereocenters. The van der Waals surface area contributed by atoms with Crippen LogP contribution in [-0.4, -0.2) is 21.5 Å². The average molecular weight is 280 g/mol. The molecule has 0 saturated carbocycles. The van der Waals surface area contributed by atoms with E-state index in [1.807, 2.05) is 42.7 Å². The second kappa shape index (κ2) is 5.95. The molecule has 0 spiro atoms. The standard InChI is InChI=1S/C17H20N4/c1-3-12(2)11-20-16-6-4-5-15(21-16)13-7-9-18-17-14(13)8-10-19-17/h4-10,12H,3,11H2,1-2H3,(H,18,19)(H,20,21)/t12-/m0/s1. The van der Waals surface area contributed by atoms with Crippen LogP contribution in [-0.2, 0) is 0 Å². The summed E-state index contributed by atoms with van der Waals surface area (Å²) in [5.74, 6) is 1.57. The van der Waals surface area contributed by atoms with Gasteiger partial charge >= 0.3 is 0 Å². The van der Waals surface area contributed by atoms with Gasteiger partial charge < -0.3 is 10.3 Å². The van der Waals surface area contributed by atoms with Gasteiger partial charge in [-0.25, -0.2) is 9.97 Å². The van der Waals surface area contributed by atoms with E-state index in [2.05, 4.69) is 29.1 Å². The van der Waals surface area contributed by atoms with Crippen molar-refractivity contribution in [1.29, 1.82) is 0 Å². The van der Waals surface area contributed by atoms with Crippen LogP contribution in [0.5, 0.6) is 0 Å². The van der Waals surface area contributed by atoms with E-state index < -0.39 is 0 Å². The summed E-state index contributed by atoms with van der Waals surface area (Å²) >= 11 is 0. The third-order valence-electron chi connectivity index (χ3n) is 3.81. The summed E-state index contributed by atoms with van der Waals surface area (Å²) in [5, 5.41) is 4.51. The predicted octanol–water partition coefficient (Wildman–Crippen LogP) is 4.08. The van der Waals surface area contributed by atoms with Crippen molar-refractivity contribution in [3.8, 4) is 11.3 Å². The number of nitrogens with one attached hydrogen (secondary N) is 2. The van der Waals surface area contributed by atoms with Gasteiger partial charge in [-0.3, -0.25) is 0 Å². The molecule has 4 nitrogen and oxygen atoms in total. The van der Waals surface area contributed by atoms with Crippen molar-refractivity contribution in [3.05, 3.63) is 42.7 Å². The van der Waals surface area contributed by atoms with Crippen LogP contribution in [0.25, 0.3) is 22.3 Å². The monoisotopic (exact) mass is 280 g/mol. The van der Waals surface area contributed by atoms with Gasteiger partial charge in [-0.15, -0.1) is 0 Å². The lowest BCUT2D eigenvalue weighted by Crippen LogP contribution is -2.11. The summed E-state index contributed by atoms with van der Waals surface area (Å²) in [6.07, 6.45) is 4.89. The van der Waals surface area contributed by atoms with Crippen LogP contribution >= 0.6 is 0 Å². The van der Waals surface area contributed by atoms with Crippen molar-refractivity contribution < 1.29 is 0 Å². The molecule has 4 heteroatoms. The zero-order valence-electron chi connectivity index (χ0n) is 12.4. The number of aromatic amines is 1. The smallest absolute Gasteiger partial charge is 0.137 e. The fourth-order valence-corrected chi connectivity index (χ4v) is 2.29. The van der Waals surface area contributed by atoms with Crippen LogP contribution in [0.4, 0.5) is 5.82 Å². The summed E-state index contributed by atoms with van der Waals surface area (Å²) < 4.78 is 0. The van der Waals surface area contributed by atoms with Gasteiger partial charge in [0.1, 0.15) is 11.5 Å². The van der Waals surface area contributed by atoms with Crippen molar-refractivity contribution in [1.82, 2.24) is 15.0 Å². The van der Waals surface area contributed by atoms with Crippen molar-refractivity contribution >= 4 is 16.9 Å². The first-order valence-corrected chi connectivity index (χ1v) is 7.41. The number of H-pyrrole nitrogens is 1. The SMILES string of the molecule is CC[C@H](C)CNc1cccc(-c2ccnc3[nH]ccc23)n1. The highest BCUT2D eigenvalue weighted by Gasteiger charge is 2.07. The minimum Gasteiger partial charge on any atom is -0.370 e. The molecule has 0 unspecified atom stereocenters. The van der Waals surface area contributed by atoms with Crippen molar-refractivity contribution in [3.63, 3.8) is 0 Å². The maximum absolute atomic E-state index is 4.73. The van der Waals surface area contributed by atoms with Crippen molar-refractivity contribution in [2.45, 2.75) is 20.3 Å². The van der Waals surface area contributed by atoms with Gasteiger partial charge in [0.05, 0.1) is 5.69 Å². The Labute approximate surface area is 124 Å². The highest BCUT2D eigenvalue weighted by molar-refractivity contribution is 5.91. The van der Waals surface area contributed by atoms with Gasteiger partial charge in [-0.1, -0.05) is 26.3 Å². The molecule has 0 aliphatic rings. The number of rotatable bonds is 5. The Morgan fingerprint density at radius 3 is 3.00 bits per heavy atom. The highest BCUT2D eigenvalue weighted by atomic mass is 15.0. The van der Waals surface area contributed by atoms with Gasteiger partial charge in [0.2, 0.25) is 0 Å². The largest absolute Gasteiger partial charge is 0.370 e. The molecule has 2 N–H and O–H groups in total. The molecule has 3 aromatic rings. The van der Waals surface area contributed by atoms with Gasteiger partial charge in [-0.05, 0) is 30.2 Å². The molecular formula is C17H20N4. The number of pyridine rings is 2. The third-order valence-corrected chi connectivity index (χ3v) is 3.81. The lowest BCUT2D eigenvalue weighted by molar-refractivity contribution is 0.592. The molecule has 3 rings (SSSR count). The van der Waals surface area contributed by atoms with Crippen LogP contribution in [0.3, 0.4) is 0 Å². The molecule has 108 valence electrons. The minimum absolute atomic E-state index is 0.646. The maximum Gasteiger partial charge on any atom is 0.137 e. The van der Waals surface area contributed by atoms with Gasteiger partial charge in [0.15, 0.2) is 0 Å². The molecule has 3 heterocycles. The maximum atomic E-state index is 4.73. The van der Waals surface area contributed by atoms with E-state index >= 15 is 0 Å². The summed E-state index contributed by atoms with van der Waals surface area (Å²) in [6.45, 7) is 5.39. The Morgan fingerprint density at radius 1 is 1.24 bits per heavy atom. The zero-order valence-corrected chi connectivity index (χ0v) is 12.4. The minimum atomic E-state index is 0.646. The first-order valence-electron chi connectivity index (χ1n) is 7.41. The van der Waals surface area contributed by atoms with E-state index in [1.54, 1.807) is 0 Å². The van der Waals surface area contributed by atoms with E-state index in [9.17, 15) is 0 Å². The summed E-state index contributed by atoms with van der Waals surface area (Å²) in [5.41, 5.74) is 2.97. The molecular weight excluding hydrogens is 260 g/mol. The molecule has 0 aliphatic carbocycles. The van der Waals surface area contributed by atoms with Gasteiger partial charge in [-0.2, -0.15) is 0 Å². The fraction of sp³-hybridized carbons (Fsp3) is 0.294. The molecule has 21 heavy (non-hydrogen) atoms. The number of hydrogen-bond donors (Lipinski definition) is 2. The molecule has 0 radical (unpaired) electrons. The third kappa shape index (κ3) is 2.89. The second-order valence-electron chi connectivity index (χ2n) is 5.40. The van der Waals surface area contributed by atoms with Crippen LogP contribution < -0.4 is 5.32 Å². The molecule has 3 aromatic heterocycles. The second-order valence-corrected chi connectivity index (χ2v) is 5.40. The summed E-state index contributed by atoms with van der Waals surface area (Å²) in [6, 6.07) is 10.1. The summed E-state index contributed by atoms with van der Waals surface area (Å²) in [7, 11) is 0. The number of aromatic nitrogens is 3. The average Bonchev–Trinajstić information content (AvgIpc) is 3.01. The Morgan fingerprint density at radius 2 is 2.14 bits per heavy atom. The van der Waals surface area contributed by atoms with Gasteiger partial charge in [0, 0.05) is 29.9 Å². The van der Waals surface area contributed by atoms with Crippen molar-refractivity contribution in [2.24, 2.45) is 5.92 Å². The number of anilines is 1. The van der Waals surface area contributed by atoms with Crippen LogP contribution in [0.1, 0.15) is 20.3 Å². The van der Waals surface area contributed by atoms with Crippen LogP contribution in [0.2, 0.25) is 0 Å². The quantitative estimate of drug-likeness (QED) is 0.740. The first-order chi connectivity index (χ1) is 10.3. The molecule has 0 amide bonds. The Kier molecular flexibility index (Phi) is 3.86. The van der Waals surface area contributed by atoms with Crippen LogP contribution in [0.15, 0.2) is 42.7 Å². The van der Waals surface area contributed by atoms with E-state index in [4.69, 9.17) is 4.98 Å². The van der Waals surface area contributed by atoms with E-state index in [1.165, 1.54) is 6.42 Å². The van der Waals surface area contributed by atoms with Gasteiger partial charge in [0.25, 0.3) is 0 Å². The Bertz CT molecular complexity index is 732. The first kappa shape index (κ1) is 13.6. The number of nitrogens with zero attached hydrogens (tertiary/aromatic N) is 2. The highest BCUT2D eigenvalue weighted by Crippen LogP contribution is 2.26. The Balaban J connectivity index is 1.91. The topological polar surface area (TPSA) is 53.6 Å². The molecule has 0 bridgehead atoms. The Hall–Kier alpha value is -2.36. The summed E-state index contributed by atoms with van der Waals surface area (Å²) in [4.78, 5) is 12.2. The number of hydrogen-bond acceptors (Lipinski definition) is 3. The normalized spacial score (nSPS) is 12.5. The van der Waals surface area contributed by atoms with E-state index in [-0.39, 0.29) is 0 Å². The molecule has 0 aliphatic heterocycles. The number of fused-ring (bicyclic) bond motifs is 1. The van der Waals surface area contributed by atoms with E-state index in [0.717, 1.165) is 34.7 Å². The molecule has 0 fully saturated rings. The lowest BCUT2D eigenvalue weighted by atomic mass is 10.1. The van der Waals surface area contributed by atoms with Crippen LogP contribution in [0, 0.1) is 5.92 Å².